The molecule has 0 saturated heterocycles. The summed E-state index contributed by atoms with van der Waals surface area (Å²) in [5.41, 5.74) is 1.14. The molecule has 7 heteroatoms. The number of esters is 1. The fourth-order valence-electron chi connectivity index (χ4n) is 2.39. The first-order chi connectivity index (χ1) is 13.7. The van der Waals surface area contributed by atoms with Crippen LogP contribution in [0.2, 0.25) is 0 Å². The van der Waals surface area contributed by atoms with Gasteiger partial charge in [0.2, 0.25) is 6.10 Å². The summed E-state index contributed by atoms with van der Waals surface area (Å²) in [6.07, 6.45) is 3.37. The van der Waals surface area contributed by atoms with Gasteiger partial charge in [-0.15, -0.1) is 11.3 Å². The van der Waals surface area contributed by atoms with Gasteiger partial charge < -0.3 is 14.8 Å². The number of hydrogen-bond donors (Lipinski definition) is 1. The summed E-state index contributed by atoms with van der Waals surface area (Å²) < 4.78 is 10.5. The Morgan fingerprint density at radius 3 is 2.50 bits per heavy atom. The summed E-state index contributed by atoms with van der Waals surface area (Å²) in [5.74, 6) is -0.405. The van der Waals surface area contributed by atoms with Gasteiger partial charge in [-0.1, -0.05) is 30.3 Å². The summed E-state index contributed by atoms with van der Waals surface area (Å²) in [7, 11) is 1.57. The van der Waals surface area contributed by atoms with Crippen molar-refractivity contribution in [1.82, 2.24) is 4.98 Å². The quantitative estimate of drug-likeness (QED) is 0.482. The zero-order valence-electron chi connectivity index (χ0n) is 15.1. The molecule has 3 rings (SSSR count). The molecule has 1 aromatic heterocycles. The van der Waals surface area contributed by atoms with Crippen molar-refractivity contribution in [1.29, 1.82) is 0 Å². The highest BCUT2D eigenvalue weighted by Gasteiger charge is 2.24. The molecule has 1 amide bonds. The predicted octanol–water partition coefficient (Wildman–Crippen LogP) is 4.09. The molecule has 6 nitrogen and oxygen atoms in total. The van der Waals surface area contributed by atoms with Crippen molar-refractivity contribution in [3.63, 3.8) is 0 Å². The van der Waals surface area contributed by atoms with Crippen LogP contribution < -0.4 is 10.1 Å². The van der Waals surface area contributed by atoms with Crippen LogP contribution in [0.1, 0.15) is 16.7 Å². The molecule has 0 fully saturated rings. The molecule has 0 aliphatic rings. The molecule has 0 bridgehead atoms. The molecule has 2 aromatic carbocycles. The zero-order valence-corrected chi connectivity index (χ0v) is 15.9. The number of rotatable bonds is 7. The van der Waals surface area contributed by atoms with E-state index in [1.807, 2.05) is 6.07 Å². The van der Waals surface area contributed by atoms with Gasteiger partial charge in [0.05, 0.1) is 7.11 Å². The second kappa shape index (κ2) is 9.48. The summed E-state index contributed by atoms with van der Waals surface area (Å²) in [6, 6.07) is 15.7. The van der Waals surface area contributed by atoms with Crippen molar-refractivity contribution < 1.29 is 19.1 Å². The Kier molecular flexibility index (Phi) is 6.54. The van der Waals surface area contributed by atoms with Gasteiger partial charge in [-0.25, -0.2) is 9.78 Å². The van der Waals surface area contributed by atoms with Crippen LogP contribution in [-0.4, -0.2) is 24.0 Å². The highest BCUT2D eigenvalue weighted by Crippen LogP contribution is 2.22. The average molecular weight is 394 g/mol. The largest absolute Gasteiger partial charge is 0.497 e. The van der Waals surface area contributed by atoms with Crippen LogP contribution in [0.4, 0.5) is 5.69 Å². The smallest absolute Gasteiger partial charge is 0.331 e. The minimum Gasteiger partial charge on any atom is -0.497 e. The summed E-state index contributed by atoms with van der Waals surface area (Å²) in [6.45, 7) is 0. The summed E-state index contributed by atoms with van der Waals surface area (Å²) in [5, 5.41) is 5.24. The number of methoxy groups -OCH3 is 1. The molecule has 1 heterocycles. The van der Waals surface area contributed by atoms with E-state index >= 15 is 0 Å². The second-order valence-electron chi connectivity index (χ2n) is 5.65. The van der Waals surface area contributed by atoms with E-state index in [0.717, 1.165) is 0 Å². The summed E-state index contributed by atoms with van der Waals surface area (Å²) in [4.78, 5) is 29.1. The fourth-order valence-corrected chi connectivity index (χ4v) is 2.92. The Balaban J connectivity index is 1.74. The molecular weight excluding hydrogens is 376 g/mol. The maximum atomic E-state index is 12.8. The van der Waals surface area contributed by atoms with Crippen LogP contribution >= 0.6 is 11.3 Å². The molecule has 1 unspecified atom stereocenters. The van der Waals surface area contributed by atoms with Gasteiger partial charge in [0.15, 0.2) is 0 Å². The molecule has 0 aliphatic heterocycles. The van der Waals surface area contributed by atoms with E-state index < -0.39 is 18.0 Å². The van der Waals surface area contributed by atoms with Gasteiger partial charge in [0.25, 0.3) is 5.91 Å². The molecule has 0 radical (unpaired) electrons. The Bertz CT molecular complexity index is 938. The Hall–Kier alpha value is -3.45. The van der Waals surface area contributed by atoms with Gasteiger partial charge >= 0.3 is 5.97 Å². The van der Waals surface area contributed by atoms with Gasteiger partial charge in [-0.3, -0.25) is 4.79 Å². The normalized spacial score (nSPS) is 11.8. The van der Waals surface area contributed by atoms with E-state index in [1.165, 1.54) is 17.4 Å². The van der Waals surface area contributed by atoms with Crippen LogP contribution in [0, 0.1) is 0 Å². The summed E-state index contributed by atoms with van der Waals surface area (Å²) >= 11 is 1.40. The maximum absolute atomic E-state index is 12.8. The molecule has 1 atom stereocenters. The van der Waals surface area contributed by atoms with Crippen molar-refractivity contribution in [2.75, 3.05) is 12.4 Å². The van der Waals surface area contributed by atoms with Crippen molar-refractivity contribution in [2.24, 2.45) is 0 Å². The topological polar surface area (TPSA) is 77.5 Å². The number of ether oxygens (including phenoxy) is 2. The molecule has 0 aliphatic carbocycles. The standard InChI is InChI=1S/C21H18N2O4S/c1-26-17-9-7-16(8-10-17)23-21(25)20(15-5-3-2-4-6-15)27-19(24)12-11-18-22-13-14-28-18/h2-14,20H,1H3,(H,23,25). The number of hydrogen-bond acceptors (Lipinski definition) is 6. The lowest BCUT2D eigenvalue weighted by molar-refractivity contribution is -0.149. The number of thiazole rings is 1. The maximum Gasteiger partial charge on any atom is 0.331 e. The van der Waals surface area contributed by atoms with E-state index in [9.17, 15) is 9.59 Å². The average Bonchev–Trinajstić information content (AvgIpc) is 3.25. The van der Waals surface area contributed by atoms with E-state index in [1.54, 1.807) is 73.3 Å². The van der Waals surface area contributed by atoms with Crippen LogP contribution in [0.5, 0.6) is 5.75 Å². The first kappa shape index (κ1) is 19.3. The van der Waals surface area contributed by atoms with Crippen LogP contribution in [0.15, 0.2) is 72.3 Å². The third kappa shape index (κ3) is 5.28. The molecule has 142 valence electrons. The van der Waals surface area contributed by atoms with E-state index in [2.05, 4.69) is 10.3 Å². The van der Waals surface area contributed by atoms with E-state index in [0.29, 0.717) is 22.0 Å². The van der Waals surface area contributed by atoms with Gasteiger partial charge in [-0.05, 0) is 30.3 Å². The van der Waals surface area contributed by atoms with Crippen molar-refractivity contribution >= 4 is 35.0 Å². The van der Waals surface area contributed by atoms with Crippen molar-refractivity contribution in [3.8, 4) is 5.75 Å². The number of benzene rings is 2. The molecular formula is C21H18N2O4S. The van der Waals surface area contributed by atoms with Crippen LogP contribution in [-0.2, 0) is 14.3 Å². The highest BCUT2D eigenvalue weighted by atomic mass is 32.1. The lowest BCUT2D eigenvalue weighted by Gasteiger charge is -2.17. The lowest BCUT2D eigenvalue weighted by Crippen LogP contribution is -2.25. The number of nitrogens with one attached hydrogen (secondary N) is 1. The zero-order chi connectivity index (χ0) is 19.8. The van der Waals surface area contributed by atoms with E-state index in [4.69, 9.17) is 9.47 Å². The van der Waals surface area contributed by atoms with Crippen LogP contribution in [0.25, 0.3) is 6.08 Å². The molecule has 1 N–H and O–H groups in total. The SMILES string of the molecule is COc1ccc(NC(=O)C(OC(=O)C=Cc2nccs2)c2ccccc2)cc1. The first-order valence-electron chi connectivity index (χ1n) is 8.44. The fraction of sp³-hybridized carbons (Fsp3) is 0.0952. The van der Waals surface area contributed by atoms with Crippen LogP contribution in [0.3, 0.4) is 0 Å². The Morgan fingerprint density at radius 2 is 1.86 bits per heavy atom. The number of anilines is 1. The molecule has 0 spiro atoms. The lowest BCUT2D eigenvalue weighted by atomic mass is 10.1. The third-order valence-corrected chi connectivity index (χ3v) is 4.49. The number of nitrogens with zero attached hydrogens (tertiary/aromatic N) is 1. The number of carbonyl (C=O) groups is 2. The molecule has 3 aromatic rings. The predicted molar refractivity (Wildman–Crippen MR) is 108 cm³/mol. The van der Waals surface area contributed by atoms with Gasteiger partial charge in [-0.2, -0.15) is 0 Å². The van der Waals surface area contributed by atoms with E-state index in [-0.39, 0.29) is 0 Å². The Morgan fingerprint density at radius 1 is 1.11 bits per heavy atom. The number of amides is 1. The first-order valence-corrected chi connectivity index (χ1v) is 9.32. The third-order valence-electron chi connectivity index (χ3n) is 3.75. The van der Waals surface area contributed by atoms with Gasteiger partial charge in [0, 0.05) is 28.9 Å². The highest BCUT2D eigenvalue weighted by molar-refractivity contribution is 7.10. The number of aromatic nitrogens is 1. The monoisotopic (exact) mass is 394 g/mol. The minimum absolute atomic E-state index is 0.452. The Labute approximate surface area is 166 Å². The molecule has 28 heavy (non-hydrogen) atoms. The minimum atomic E-state index is -1.09. The van der Waals surface area contributed by atoms with Crippen molar-refractivity contribution in [2.45, 2.75) is 6.10 Å². The van der Waals surface area contributed by atoms with Gasteiger partial charge in [0.1, 0.15) is 10.8 Å². The van der Waals surface area contributed by atoms with Crippen molar-refractivity contribution in [3.05, 3.63) is 82.8 Å². The number of carbonyl (C=O) groups excluding carboxylic acids is 2. The second-order valence-corrected chi connectivity index (χ2v) is 6.58. The molecule has 0 saturated carbocycles.